The van der Waals surface area contributed by atoms with Crippen LogP contribution in [0.5, 0.6) is 5.75 Å². The smallest absolute Gasteiger partial charge is 0.347 e. The van der Waals surface area contributed by atoms with E-state index in [0.29, 0.717) is 19.3 Å². The average Bonchev–Trinajstić information content (AvgIpc) is 3.03. The number of para-hydroxylation sites is 2. The number of carbonyl (C=O) groups is 3. The SMILES string of the molecule is O=C1C(=O)N2c3ccccc3OC(=O)C2(C2=C(O)CCCC2)/C1=C(\O)c1ccccc1. The standard InChI is InChI=1S/C24H19NO6/c26-17-12-6-4-10-15(17)24-19(20(27)14-8-2-1-3-9-14)21(28)22(29)25(24)16-11-5-7-13-18(16)31-23(24)30/h1-3,5,7-9,11,13,26-27H,4,6,10,12H2/b20-19-. The Morgan fingerprint density at radius 3 is 2.35 bits per heavy atom. The van der Waals surface area contributed by atoms with Crippen LogP contribution in [0.3, 0.4) is 0 Å². The summed E-state index contributed by atoms with van der Waals surface area (Å²) in [6.45, 7) is 0. The van der Waals surface area contributed by atoms with E-state index in [2.05, 4.69) is 0 Å². The number of amides is 1. The first-order valence-corrected chi connectivity index (χ1v) is 10.1. The second-order valence-electron chi connectivity index (χ2n) is 7.76. The number of benzene rings is 2. The molecule has 7 heteroatoms. The minimum atomic E-state index is -2.05. The third-order valence-corrected chi connectivity index (χ3v) is 6.09. The van der Waals surface area contributed by atoms with Crippen molar-refractivity contribution in [3.05, 3.63) is 77.1 Å². The molecule has 7 nitrogen and oxygen atoms in total. The number of aliphatic hydroxyl groups is 2. The van der Waals surface area contributed by atoms with Crippen LogP contribution in [0, 0.1) is 0 Å². The van der Waals surface area contributed by atoms with E-state index in [-0.39, 0.29) is 40.3 Å². The van der Waals surface area contributed by atoms with Gasteiger partial charge in [0.15, 0.2) is 5.75 Å². The molecule has 2 N–H and O–H groups in total. The third kappa shape index (κ3) is 2.49. The molecule has 2 heterocycles. The summed E-state index contributed by atoms with van der Waals surface area (Å²) in [5.41, 5.74) is -1.70. The highest BCUT2D eigenvalue weighted by Crippen LogP contribution is 2.53. The quantitative estimate of drug-likeness (QED) is 0.254. The summed E-state index contributed by atoms with van der Waals surface area (Å²) in [6.07, 6.45) is 1.96. The van der Waals surface area contributed by atoms with Crippen molar-refractivity contribution < 1.29 is 29.3 Å². The number of rotatable bonds is 2. The van der Waals surface area contributed by atoms with Crippen molar-refractivity contribution in [2.75, 3.05) is 4.90 Å². The second-order valence-corrected chi connectivity index (χ2v) is 7.76. The van der Waals surface area contributed by atoms with Crippen molar-refractivity contribution in [1.82, 2.24) is 0 Å². The first-order chi connectivity index (χ1) is 15.0. The molecule has 3 aliphatic rings. The summed E-state index contributed by atoms with van der Waals surface area (Å²) in [5, 5.41) is 22.0. The van der Waals surface area contributed by atoms with E-state index < -0.39 is 29.0 Å². The van der Waals surface area contributed by atoms with Crippen molar-refractivity contribution in [3.63, 3.8) is 0 Å². The maximum atomic E-state index is 13.6. The molecule has 0 saturated carbocycles. The summed E-state index contributed by atoms with van der Waals surface area (Å²) in [4.78, 5) is 41.2. The normalized spacial score (nSPS) is 24.6. The van der Waals surface area contributed by atoms with E-state index in [1.807, 2.05) is 0 Å². The summed E-state index contributed by atoms with van der Waals surface area (Å²) in [6, 6.07) is 14.7. The first-order valence-electron chi connectivity index (χ1n) is 10.1. The molecule has 2 aromatic rings. The number of ether oxygens (including phenoxy) is 1. The molecule has 1 unspecified atom stereocenters. The van der Waals surface area contributed by atoms with Gasteiger partial charge in [0, 0.05) is 17.6 Å². The van der Waals surface area contributed by atoms with Gasteiger partial charge in [-0.2, -0.15) is 0 Å². The predicted molar refractivity (Wildman–Crippen MR) is 111 cm³/mol. The summed E-state index contributed by atoms with van der Waals surface area (Å²) >= 11 is 0. The molecule has 31 heavy (non-hydrogen) atoms. The monoisotopic (exact) mass is 417 g/mol. The van der Waals surface area contributed by atoms with Crippen LogP contribution in [-0.4, -0.2) is 33.4 Å². The van der Waals surface area contributed by atoms with Gasteiger partial charge >= 0.3 is 11.9 Å². The van der Waals surface area contributed by atoms with Crippen LogP contribution in [0.15, 0.2) is 71.5 Å². The van der Waals surface area contributed by atoms with Gasteiger partial charge in [-0.3, -0.25) is 14.5 Å². The van der Waals surface area contributed by atoms with Gasteiger partial charge in [0.25, 0.3) is 5.78 Å². The minimum Gasteiger partial charge on any atom is -0.512 e. The Balaban J connectivity index is 1.90. The fourth-order valence-corrected chi connectivity index (χ4v) is 4.73. The average molecular weight is 417 g/mol. The fraction of sp³-hybridized carbons (Fsp3) is 0.208. The molecule has 0 spiro atoms. The van der Waals surface area contributed by atoms with Crippen LogP contribution in [0.4, 0.5) is 5.69 Å². The van der Waals surface area contributed by atoms with E-state index in [9.17, 15) is 24.6 Å². The lowest BCUT2D eigenvalue weighted by atomic mass is 9.75. The fourth-order valence-electron chi connectivity index (χ4n) is 4.73. The van der Waals surface area contributed by atoms with E-state index in [1.54, 1.807) is 48.5 Å². The number of Topliss-reactive ketones (excluding diaryl/α,β-unsaturated/α-hetero) is 1. The molecular formula is C24H19NO6. The minimum absolute atomic E-state index is 0.0616. The highest BCUT2D eigenvalue weighted by molar-refractivity contribution is 6.55. The van der Waals surface area contributed by atoms with Gasteiger partial charge in [-0.15, -0.1) is 0 Å². The first kappa shape index (κ1) is 19.1. The van der Waals surface area contributed by atoms with Crippen molar-refractivity contribution >= 4 is 29.1 Å². The molecular weight excluding hydrogens is 398 g/mol. The lowest BCUT2D eigenvalue weighted by Gasteiger charge is -2.43. The van der Waals surface area contributed by atoms with Crippen molar-refractivity contribution in [2.24, 2.45) is 0 Å². The Morgan fingerprint density at radius 2 is 1.61 bits per heavy atom. The summed E-state index contributed by atoms with van der Waals surface area (Å²) in [7, 11) is 0. The topological polar surface area (TPSA) is 104 Å². The van der Waals surface area contributed by atoms with Gasteiger partial charge in [-0.05, 0) is 31.4 Å². The third-order valence-electron chi connectivity index (χ3n) is 6.09. The number of allylic oxidation sites excluding steroid dienone is 1. The van der Waals surface area contributed by atoms with Crippen molar-refractivity contribution in [3.8, 4) is 5.75 Å². The van der Waals surface area contributed by atoms with Crippen molar-refractivity contribution in [1.29, 1.82) is 0 Å². The number of aliphatic hydroxyl groups excluding tert-OH is 2. The molecule has 0 radical (unpaired) electrons. The number of anilines is 1. The highest BCUT2D eigenvalue weighted by Gasteiger charge is 2.67. The maximum absolute atomic E-state index is 13.6. The molecule has 1 aliphatic carbocycles. The molecule has 1 saturated heterocycles. The second kappa shape index (κ2) is 6.84. The Hall–Kier alpha value is -3.87. The predicted octanol–water partition coefficient (Wildman–Crippen LogP) is 3.62. The number of nitrogens with zero attached hydrogens (tertiary/aromatic N) is 1. The lowest BCUT2D eigenvalue weighted by molar-refractivity contribution is -0.139. The summed E-state index contributed by atoms with van der Waals surface area (Å²) in [5.74, 6) is -3.25. The molecule has 0 bridgehead atoms. The molecule has 1 amide bonds. The largest absolute Gasteiger partial charge is 0.512 e. The zero-order valence-electron chi connectivity index (χ0n) is 16.5. The number of hydrogen-bond acceptors (Lipinski definition) is 6. The molecule has 156 valence electrons. The van der Waals surface area contributed by atoms with Crippen LogP contribution in [0.25, 0.3) is 5.76 Å². The van der Waals surface area contributed by atoms with Gasteiger partial charge in [0.2, 0.25) is 5.54 Å². The van der Waals surface area contributed by atoms with Crippen LogP contribution in [0.2, 0.25) is 0 Å². The molecule has 1 atom stereocenters. The molecule has 5 rings (SSSR count). The number of fused-ring (bicyclic) bond motifs is 3. The number of carbonyl (C=O) groups excluding carboxylic acids is 3. The molecule has 2 aliphatic heterocycles. The van der Waals surface area contributed by atoms with Gasteiger partial charge < -0.3 is 14.9 Å². The molecule has 2 aromatic carbocycles. The highest BCUT2D eigenvalue weighted by atomic mass is 16.5. The van der Waals surface area contributed by atoms with Crippen LogP contribution >= 0.6 is 0 Å². The van der Waals surface area contributed by atoms with E-state index in [4.69, 9.17) is 4.74 Å². The van der Waals surface area contributed by atoms with E-state index >= 15 is 0 Å². The van der Waals surface area contributed by atoms with Gasteiger partial charge in [0.1, 0.15) is 5.76 Å². The zero-order chi connectivity index (χ0) is 21.8. The Morgan fingerprint density at radius 1 is 0.935 bits per heavy atom. The Labute approximate surface area is 177 Å². The summed E-state index contributed by atoms with van der Waals surface area (Å²) < 4.78 is 5.59. The van der Waals surface area contributed by atoms with Crippen LogP contribution < -0.4 is 9.64 Å². The van der Waals surface area contributed by atoms with Gasteiger partial charge in [-0.25, -0.2) is 4.79 Å². The number of hydrogen-bond donors (Lipinski definition) is 2. The number of ketones is 1. The zero-order valence-corrected chi connectivity index (χ0v) is 16.5. The Bertz CT molecular complexity index is 1200. The van der Waals surface area contributed by atoms with Crippen LogP contribution in [-0.2, 0) is 14.4 Å². The maximum Gasteiger partial charge on any atom is 0.347 e. The number of esters is 1. The molecule has 0 aromatic heterocycles. The Kier molecular flexibility index (Phi) is 4.22. The van der Waals surface area contributed by atoms with E-state index in [1.165, 1.54) is 6.07 Å². The molecule has 1 fully saturated rings. The lowest BCUT2D eigenvalue weighted by Crippen LogP contribution is -2.59. The van der Waals surface area contributed by atoms with Crippen molar-refractivity contribution in [2.45, 2.75) is 31.2 Å². The van der Waals surface area contributed by atoms with E-state index in [0.717, 1.165) is 4.90 Å². The van der Waals surface area contributed by atoms with Gasteiger partial charge in [-0.1, -0.05) is 42.5 Å². The van der Waals surface area contributed by atoms with Crippen LogP contribution in [0.1, 0.15) is 31.2 Å². The van der Waals surface area contributed by atoms with Gasteiger partial charge in [0.05, 0.1) is 17.0 Å².